The molecule has 0 saturated heterocycles. The van der Waals surface area contributed by atoms with Crippen molar-refractivity contribution in [3.05, 3.63) is 25.0 Å². The molecule has 1 unspecified atom stereocenters. The zero-order valence-corrected chi connectivity index (χ0v) is 10.3. The van der Waals surface area contributed by atoms with E-state index in [4.69, 9.17) is 4.74 Å². The molecule has 0 bridgehead atoms. The first-order valence-corrected chi connectivity index (χ1v) is 5.73. The third-order valence-corrected chi connectivity index (χ3v) is 2.28. The van der Waals surface area contributed by atoms with Crippen LogP contribution in [-0.2, 0) is 16.1 Å². The van der Waals surface area contributed by atoms with Crippen molar-refractivity contribution in [2.45, 2.75) is 32.9 Å². The van der Waals surface area contributed by atoms with Crippen LogP contribution in [0.5, 0.6) is 0 Å². The lowest BCUT2D eigenvalue weighted by Crippen LogP contribution is -2.27. The van der Waals surface area contributed by atoms with Crippen molar-refractivity contribution in [1.82, 2.24) is 9.78 Å². The Morgan fingerprint density at radius 2 is 2.53 bits per heavy atom. The maximum Gasteiger partial charge on any atom is 0.253 e. The first-order chi connectivity index (χ1) is 8.17. The summed E-state index contributed by atoms with van der Waals surface area (Å²) in [5, 5.41) is 6.82. The zero-order chi connectivity index (χ0) is 12.7. The summed E-state index contributed by atoms with van der Waals surface area (Å²) in [7, 11) is 0. The Morgan fingerprint density at radius 3 is 3.12 bits per heavy atom. The summed E-state index contributed by atoms with van der Waals surface area (Å²) in [5.74, 6) is -0.162. The van der Waals surface area contributed by atoms with Crippen LogP contribution in [0.2, 0.25) is 0 Å². The van der Waals surface area contributed by atoms with Gasteiger partial charge in [0.1, 0.15) is 6.10 Å². The third kappa shape index (κ3) is 4.40. The van der Waals surface area contributed by atoms with E-state index in [1.165, 1.54) is 0 Å². The van der Waals surface area contributed by atoms with Gasteiger partial charge in [0.2, 0.25) is 0 Å². The Balaban J connectivity index is 2.39. The molecule has 1 heterocycles. The predicted octanol–water partition coefficient (Wildman–Crippen LogP) is 1.82. The van der Waals surface area contributed by atoms with Crippen molar-refractivity contribution >= 4 is 11.6 Å². The van der Waals surface area contributed by atoms with Gasteiger partial charge in [0.25, 0.3) is 5.91 Å². The number of carbonyl (C=O) groups is 1. The minimum Gasteiger partial charge on any atom is -0.368 e. The molecule has 0 aromatic carbocycles. The zero-order valence-electron chi connectivity index (χ0n) is 10.3. The second-order valence-corrected chi connectivity index (χ2v) is 3.66. The van der Waals surface area contributed by atoms with Crippen LogP contribution in [0.3, 0.4) is 0 Å². The number of ether oxygens (including phenoxy) is 1. The molecular weight excluding hydrogens is 218 g/mol. The van der Waals surface area contributed by atoms with Gasteiger partial charge < -0.3 is 10.1 Å². The smallest absolute Gasteiger partial charge is 0.253 e. The fourth-order valence-electron chi connectivity index (χ4n) is 1.25. The number of amides is 1. The number of hydrogen-bond acceptors (Lipinski definition) is 3. The minimum absolute atomic E-state index is 0.162. The molecule has 1 atom stereocenters. The van der Waals surface area contributed by atoms with Gasteiger partial charge in [-0.15, -0.1) is 6.58 Å². The molecule has 1 aromatic heterocycles. The monoisotopic (exact) mass is 237 g/mol. The van der Waals surface area contributed by atoms with Crippen molar-refractivity contribution in [1.29, 1.82) is 0 Å². The van der Waals surface area contributed by atoms with Crippen LogP contribution in [0.1, 0.15) is 20.3 Å². The molecule has 0 aliphatic rings. The lowest BCUT2D eigenvalue weighted by atomic mass is 10.3. The van der Waals surface area contributed by atoms with Crippen LogP contribution < -0.4 is 5.32 Å². The molecule has 5 heteroatoms. The van der Waals surface area contributed by atoms with Crippen LogP contribution >= 0.6 is 0 Å². The summed E-state index contributed by atoms with van der Waals surface area (Å²) in [5.41, 5.74) is 0.691. The SMILES string of the molecule is C=CCCOC(C)C(=O)Nc1cnn(CC)c1. The topological polar surface area (TPSA) is 56.1 Å². The van der Waals surface area contributed by atoms with Crippen LogP contribution in [0, 0.1) is 0 Å². The van der Waals surface area contributed by atoms with Crippen LogP contribution in [0.15, 0.2) is 25.0 Å². The van der Waals surface area contributed by atoms with Gasteiger partial charge >= 0.3 is 0 Å². The normalized spacial score (nSPS) is 12.1. The van der Waals surface area contributed by atoms with Crippen molar-refractivity contribution in [2.24, 2.45) is 0 Å². The summed E-state index contributed by atoms with van der Waals surface area (Å²) in [6, 6.07) is 0. The maximum atomic E-state index is 11.7. The van der Waals surface area contributed by atoms with Gasteiger partial charge in [-0.25, -0.2) is 0 Å². The number of nitrogens with one attached hydrogen (secondary N) is 1. The summed E-state index contributed by atoms with van der Waals surface area (Å²) in [6.45, 7) is 8.59. The molecule has 5 nitrogen and oxygen atoms in total. The third-order valence-electron chi connectivity index (χ3n) is 2.28. The van der Waals surface area contributed by atoms with E-state index in [2.05, 4.69) is 17.0 Å². The number of rotatable bonds is 7. The Kier molecular flexibility index (Phi) is 5.42. The molecule has 1 amide bonds. The highest BCUT2D eigenvalue weighted by molar-refractivity contribution is 5.93. The molecule has 0 spiro atoms. The molecule has 0 saturated carbocycles. The molecule has 1 N–H and O–H groups in total. The molecule has 94 valence electrons. The quantitative estimate of drug-likeness (QED) is 0.581. The van der Waals surface area contributed by atoms with E-state index in [9.17, 15) is 4.79 Å². The molecule has 1 aromatic rings. The predicted molar refractivity (Wildman–Crippen MR) is 66.8 cm³/mol. The highest BCUT2D eigenvalue weighted by Crippen LogP contribution is 2.06. The van der Waals surface area contributed by atoms with Crippen molar-refractivity contribution in [3.63, 3.8) is 0 Å². The van der Waals surface area contributed by atoms with E-state index in [0.29, 0.717) is 12.3 Å². The van der Waals surface area contributed by atoms with Gasteiger partial charge in [0.05, 0.1) is 18.5 Å². The van der Waals surface area contributed by atoms with Gasteiger partial charge in [0, 0.05) is 12.7 Å². The standard InChI is InChI=1S/C12H19N3O2/c1-4-6-7-17-10(3)12(16)14-11-8-13-15(5-2)9-11/h4,8-10H,1,5-7H2,2-3H3,(H,14,16). The summed E-state index contributed by atoms with van der Waals surface area (Å²) in [4.78, 5) is 11.7. The number of carbonyl (C=O) groups excluding carboxylic acids is 1. The Morgan fingerprint density at radius 1 is 1.76 bits per heavy atom. The molecule has 0 aliphatic heterocycles. The fraction of sp³-hybridized carbons (Fsp3) is 0.500. The fourth-order valence-corrected chi connectivity index (χ4v) is 1.25. The molecule has 17 heavy (non-hydrogen) atoms. The number of aromatic nitrogens is 2. The number of anilines is 1. The average molecular weight is 237 g/mol. The first-order valence-electron chi connectivity index (χ1n) is 5.73. The van der Waals surface area contributed by atoms with Crippen molar-refractivity contribution < 1.29 is 9.53 Å². The average Bonchev–Trinajstić information content (AvgIpc) is 2.77. The highest BCUT2D eigenvalue weighted by Gasteiger charge is 2.13. The lowest BCUT2D eigenvalue weighted by Gasteiger charge is -2.11. The minimum atomic E-state index is -0.472. The Bertz CT molecular complexity index is 374. The van der Waals surface area contributed by atoms with E-state index < -0.39 is 6.10 Å². The van der Waals surface area contributed by atoms with Crippen LogP contribution in [-0.4, -0.2) is 28.4 Å². The Hall–Kier alpha value is -1.62. The van der Waals surface area contributed by atoms with E-state index in [1.54, 1.807) is 30.1 Å². The highest BCUT2D eigenvalue weighted by atomic mass is 16.5. The molecule has 0 fully saturated rings. The van der Waals surface area contributed by atoms with E-state index in [-0.39, 0.29) is 5.91 Å². The Labute approximate surface area is 101 Å². The van der Waals surface area contributed by atoms with E-state index >= 15 is 0 Å². The van der Waals surface area contributed by atoms with E-state index in [1.807, 2.05) is 6.92 Å². The second-order valence-electron chi connectivity index (χ2n) is 3.66. The molecule has 0 aliphatic carbocycles. The first kappa shape index (κ1) is 13.4. The van der Waals surface area contributed by atoms with Crippen molar-refractivity contribution in [3.8, 4) is 0 Å². The van der Waals surface area contributed by atoms with Gasteiger partial charge in [-0.2, -0.15) is 5.10 Å². The second kappa shape index (κ2) is 6.85. The summed E-state index contributed by atoms with van der Waals surface area (Å²) in [6.07, 6.45) is 5.44. The van der Waals surface area contributed by atoms with Gasteiger partial charge in [-0.1, -0.05) is 6.08 Å². The number of nitrogens with zero attached hydrogens (tertiary/aromatic N) is 2. The summed E-state index contributed by atoms with van der Waals surface area (Å²) >= 11 is 0. The lowest BCUT2D eigenvalue weighted by molar-refractivity contribution is -0.126. The molecule has 0 radical (unpaired) electrons. The maximum absolute atomic E-state index is 11.7. The van der Waals surface area contributed by atoms with Crippen LogP contribution in [0.25, 0.3) is 0 Å². The molecule has 1 rings (SSSR count). The largest absolute Gasteiger partial charge is 0.368 e. The summed E-state index contributed by atoms with van der Waals surface area (Å²) < 4.78 is 7.09. The molecular formula is C12H19N3O2. The number of hydrogen-bond donors (Lipinski definition) is 1. The number of aryl methyl sites for hydroxylation is 1. The van der Waals surface area contributed by atoms with Crippen LogP contribution in [0.4, 0.5) is 5.69 Å². The van der Waals surface area contributed by atoms with Gasteiger partial charge in [-0.3, -0.25) is 9.48 Å². The van der Waals surface area contributed by atoms with E-state index in [0.717, 1.165) is 13.0 Å². The van der Waals surface area contributed by atoms with Gasteiger partial charge in [0.15, 0.2) is 0 Å². The van der Waals surface area contributed by atoms with Gasteiger partial charge in [-0.05, 0) is 20.3 Å². The van der Waals surface area contributed by atoms with Crippen molar-refractivity contribution in [2.75, 3.05) is 11.9 Å².